The number of halogens is 1. The Morgan fingerprint density at radius 2 is 1.93 bits per heavy atom. The number of carbonyl (C=O) groups is 1. The van der Waals surface area contributed by atoms with Crippen LogP contribution in [-0.4, -0.2) is 19.2 Å². The minimum atomic E-state index is -1.03. The standard InChI is InChI=1S/C23H19FO6/c1-13-10-18-20(22(25)29-13)19(21(30-18)23(26)27-2)14-7-5-8-16(11-14)28-12-15-6-3-4-9-17(15)24/h3-11,19,21H,12H2,1-2H3. The van der Waals surface area contributed by atoms with Crippen LogP contribution < -0.4 is 15.1 Å². The van der Waals surface area contributed by atoms with E-state index in [1.807, 2.05) is 0 Å². The highest BCUT2D eigenvalue weighted by atomic mass is 19.1. The Kier molecular flexibility index (Phi) is 5.27. The molecule has 0 saturated carbocycles. The number of carbonyl (C=O) groups excluding carboxylic acids is 1. The van der Waals surface area contributed by atoms with E-state index in [9.17, 15) is 14.0 Å². The van der Waals surface area contributed by atoms with Crippen LogP contribution >= 0.6 is 0 Å². The Morgan fingerprint density at radius 1 is 1.13 bits per heavy atom. The monoisotopic (exact) mass is 410 g/mol. The van der Waals surface area contributed by atoms with Crippen LogP contribution in [-0.2, 0) is 16.1 Å². The van der Waals surface area contributed by atoms with E-state index in [1.54, 1.807) is 55.5 Å². The molecular weight excluding hydrogens is 391 g/mol. The summed E-state index contributed by atoms with van der Waals surface area (Å²) in [6, 6.07) is 14.8. The summed E-state index contributed by atoms with van der Waals surface area (Å²) in [6.07, 6.45) is -1.03. The molecule has 0 N–H and O–H groups in total. The molecule has 2 unspecified atom stereocenters. The molecule has 0 aliphatic carbocycles. The summed E-state index contributed by atoms with van der Waals surface area (Å²) < 4.78 is 35.4. The van der Waals surface area contributed by atoms with Crippen molar-refractivity contribution < 1.29 is 27.8 Å². The van der Waals surface area contributed by atoms with Crippen LogP contribution in [0, 0.1) is 12.7 Å². The van der Waals surface area contributed by atoms with E-state index >= 15 is 0 Å². The van der Waals surface area contributed by atoms with Crippen molar-refractivity contribution in [3.05, 3.63) is 93.3 Å². The van der Waals surface area contributed by atoms with E-state index in [1.165, 1.54) is 13.2 Å². The predicted molar refractivity (Wildman–Crippen MR) is 105 cm³/mol. The van der Waals surface area contributed by atoms with Crippen LogP contribution in [0.3, 0.4) is 0 Å². The van der Waals surface area contributed by atoms with Gasteiger partial charge in [0, 0.05) is 11.6 Å². The summed E-state index contributed by atoms with van der Waals surface area (Å²) in [5, 5.41) is 0. The van der Waals surface area contributed by atoms with Crippen molar-refractivity contribution in [3.8, 4) is 11.5 Å². The number of ether oxygens (including phenoxy) is 3. The van der Waals surface area contributed by atoms with Gasteiger partial charge in [0.25, 0.3) is 0 Å². The molecule has 0 bridgehead atoms. The van der Waals surface area contributed by atoms with Crippen molar-refractivity contribution in [2.24, 2.45) is 0 Å². The van der Waals surface area contributed by atoms with Gasteiger partial charge in [-0.25, -0.2) is 14.0 Å². The zero-order valence-electron chi connectivity index (χ0n) is 16.4. The van der Waals surface area contributed by atoms with E-state index in [4.69, 9.17) is 18.6 Å². The van der Waals surface area contributed by atoms with Gasteiger partial charge in [-0.2, -0.15) is 0 Å². The molecular formula is C23H19FO6. The molecule has 6 nitrogen and oxygen atoms in total. The van der Waals surface area contributed by atoms with Gasteiger partial charge in [-0.3, -0.25) is 0 Å². The largest absolute Gasteiger partial charge is 0.489 e. The first kappa shape index (κ1) is 19.7. The molecule has 1 aliphatic heterocycles. The molecule has 0 saturated heterocycles. The van der Waals surface area contributed by atoms with E-state index in [0.717, 1.165) is 0 Å². The highest BCUT2D eigenvalue weighted by Crippen LogP contribution is 2.42. The molecule has 0 fully saturated rings. The van der Waals surface area contributed by atoms with Crippen molar-refractivity contribution in [1.29, 1.82) is 0 Å². The number of rotatable bonds is 5. The molecule has 2 atom stereocenters. The summed E-state index contributed by atoms with van der Waals surface area (Å²) in [5.74, 6) is -0.547. The lowest BCUT2D eigenvalue weighted by atomic mass is 9.89. The molecule has 4 rings (SSSR count). The molecule has 0 spiro atoms. The molecule has 1 aromatic heterocycles. The second-order valence-electron chi connectivity index (χ2n) is 6.91. The van der Waals surface area contributed by atoms with E-state index in [-0.39, 0.29) is 18.0 Å². The molecule has 3 aromatic rings. The summed E-state index contributed by atoms with van der Waals surface area (Å²) in [4.78, 5) is 24.9. The number of aryl methyl sites for hydroxylation is 1. The van der Waals surface area contributed by atoms with Crippen molar-refractivity contribution in [2.75, 3.05) is 7.11 Å². The third-order valence-electron chi connectivity index (χ3n) is 4.94. The van der Waals surface area contributed by atoms with Crippen LogP contribution in [0.2, 0.25) is 0 Å². The molecule has 2 aromatic carbocycles. The number of benzene rings is 2. The highest BCUT2D eigenvalue weighted by molar-refractivity contribution is 5.79. The number of fused-ring (bicyclic) bond motifs is 1. The quantitative estimate of drug-likeness (QED) is 0.597. The average molecular weight is 410 g/mol. The van der Waals surface area contributed by atoms with Crippen LogP contribution in [0.1, 0.15) is 28.4 Å². The zero-order valence-corrected chi connectivity index (χ0v) is 16.4. The maximum atomic E-state index is 13.8. The van der Waals surface area contributed by atoms with Crippen molar-refractivity contribution >= 4 is 5.97 Å². The SMILES string of the molecule is COC(=O)C1Oc2cc(C)oc(=O)c2C1c1cccc(OCc2ccccc2F)c1. The number of esters is 1. The van der Waals surface area contributed by atoms with Gasteiger partial charge in [0.05, 0.1) is 18.6 Å². The number of hydrogen-bond acceptors (Lipinski definition) is 6. The van der Waals surface area contributed by atoms with Gasteiger partial charge in [-0.05, 0) is 30.7 Å². The lowest BCUT2D eigenvalue weighted by molar-refractivity contribution is -0.148. The van der Waals surface area contributed by atoms with Gasteiger partial charge < -0.3 is 18.6 Å². The summed E-state index contributed by atoms with van der Waals surface area (Å²) in [5.41, 5.74) is 0.716. The van der Waals surface area contributed by atoms with E-state index in [2.05, 4.69) is 0 Å². The van der Waals surface area contributed by atoms with Gasteiger partial charge in [0.1, 0.15) is 29.7 Å². The molecule has 0 amide bonds. The minimum Gasteiger partial charge on any atom is -0.489 e. The normalized spacial score (nSPS) is 17.2. The summed E-state index contributed by atoms with van der Waals surface area (Å²) >= 11 is 0. The maximum absolute atomic E-state index is 13.8. The molecule has 1 aliphatic rings. The fourth-order valence-electron chi connectivity index (χ4n) is 3.54. The lowest BCUT2D eigenvalue weighted by Crippen LogP contribution is -2.31. The summed E-state index contributed by atoms with van der Waals surface area (Å²) in [7, 11) is 1.26. The van der Waals surface area contributed by atoms with Crippen LogP contribution in [0.25, 0.3) is 0 Å². The third kappa shape index (κ3) is 3.66. The predicted octanol–water partition coefficient (Wildman–Crippen LogP) is 3.73. The number of hydrogen-bond donors (Lipinski definition) is 0. The molecule has 0 radical (unpaired) electrons. The van der Waals surface area contributed by atoms with Crippen LogP contribution in [0.4, 0.5) is 4.39 Å². The van der Waals surface area contributed by atoms with E-state index in [0.29, 0.717) is 28.4 Å². The van der Waals surface area contributed by atoms with Crippen molar-refractivity contribution in [2.45, 2.75) is 25.6 Å². The first-order valence-electron chi connectivity index (χ1n) is 9.33. The fourth-order valence-corrected chi connectivity index (χ4v) is 3.54. The second-order valence-corrected chi connectivity index (χ2v) is 6.91. The molecule has 154 valence electrons. The number of methoxy groups -OCH3 is 1. The highest BCUT2D eigenvalue weighted by Gasteiger charge is 2.44. The Balaban J connectivity index is 1.68. The average Bonchev–Trinajstić information content (AvgIpc) is 3.12. The second kappa shape index (κ2) is 8.02. The Bertz CT molecular complexity index is 1150. The van der Waals surface area contributed by atoms with Crippen molar-refractivity contribution in [3.63, 3.8) is 0 Å². The Labute approximate surface area is 171 Å². The molecule has 30 heavy (non-hydrogen) atoms. The topological polar surface area (TPSA) is 75.0 Å². The van der Waals surface area contributed by atoms with Gasteiger partial charge in [0.15, 0.2) is 0 Å². The first-order chi connectivity index (χ1) is 14.5. The molecule has 2 heterocycles. The van der Waals surface area contributed by atoms with Gasteiger partial charge in [-0.1, -0.05) is 30.3 Å². The van der Waals surface area contributed by atoms with Crippen LogP contribution in [0.5, 0.6) is 11.5 Å². The fraction of sp³-hybridized carbons (Fsp3) is 0.217. The lowest BCUT2D eigenvalue weighted by Gasteiger charge is -2.17. The van der Waals surface area contributed by atoms with Gasteiger partial charge in [0.2, 0.25) is 6.10 Å². The minimum absolute atomic E-state index is 0.0373. The smallest absolute Gasteiger partial charge is 0.348 e. The van der Waals surface area contributed by atoms with E-state index < -0.39 is 23.6 Å². The Morgan fingerprint density at radius 3 is 2.70 bits per heavy atom. The maximum Gasteiger partial charge on any atom is 0.348 e. The van der Waals surface area contributed by atoms with Gasteiger partial charge >= 0.3 is 11.6 Å². The zero-order chi connectivity index (χ0) is 21.3. The summed E-state index contributed by atoms with van der Waals surface area (Å²) in [6.45, 7) is 1.67. The Hall–Kier alpha value is -3.61. The van der Waals surface area contributed by atoms with Gasteiger partial charge in [-0.15, -0.1) is 0 Å². The first-order valence-corrected chi connectivity index (χ1v) is 9.33. The van der Waals surface area contributed by atoms with Crippen molar-refractivity contribution in [1.82, 2.24) is 0 Å². The van der Waals surface area contributed by atoms with Crippen LogP contribution in [0.15, 0.2) is 63.8 Å². The third-order valence-corrected chi connectivity index (χ3v) is 4.94. The molecule has 7 heteroatoms.